The van der Waals surface area contributed by atoms with E-state index in [0.717, 1.165) is 44.8 Å². The zero-order valence-corrected chi connectivity index (χ0v) is 15.0. The Bertz CT molecular complexity index is 790. The lowest BCUT2D eigenvalue weighted by molar-refractivity contribution is 0.0601. The van der Waals surface area contributed by atoms with Crippen molar-refractivity contribution in [2.45, 2.75) is 13.0 Å². The van der Waals surface area contributed by atoms with E-state index in [2.05, 4.69) is 4.90 Å². The third-order valence-corrected chi connectivity index (χ3v) is 4.61. The van der Waals surface area contributed by atoms with E-state index in [-0.39, 0.29) is 11.5 Å². The molecule has 26 heavy (non-hydrogen) atoms. The van der Waals surface area contributed by atoms with Crippen molar-refractivity contribution in [3.8, 4) is 11.1 Å². The summed E-state index contributed by atoms with van der Waals surface area (Å²) >= 11 is 0. The van der Waals surface area contributed by atoms with Crippen LogP contribution in [-0.2, 0) is 16.0 Å². The average molecular weight is 356 g/mol. The first-order valence-corrected chi connectivity index (χ1v) is 8.87. The largest absolute Gasteiger partial charge is 0.465 e. The van der Waals surface area contributed by atoms with Crippen LogP contribution < -0.4 is 5.56 Å². The van der Waals surface area contributed by atoms with Crippen LogP contribution in [0, 0.1) is 0 Å². The second kappa shape index (κ2) is 8.78. The third kappa shape index (κ3) is 4.39. The topological polar surface area (TPSA) is 60.8 Å². The number of nitrogens with zero attached hydrogens (tertiary/aromatic N) is 2. The summed E-state index contributed by atoms with van der Waals surface area (Å²) in [6.45, 7) is 4.95. The van der Waals surface area contributed by atoms with Crippen molar-refractivity contribution in [3.05, 3.63) is 58.5 Å². The highest BCUT2D eigenvalue weighted by molar-refractivity contribution is 5.89. The maximum Gasteiger partial charge on any atom is 0.337 e. The minimum Gasteiger partial charge on any atom is -0.465 e. The molecule has 0 N–H and O–H groups in total. The molecule has 0 spiro atoms. The van der Waals surface area contributed by atoms with E-state index in [4.69, 9.17) is 9.47 Å². The number of methoxy groups -OCH3 is 1. The minimum absolute atomic E-state index is 0.0237. The lowest BCUT2D eigenvalue weighted by Crippen LogP contribution is -2.32. The lowest BCUT2D eigenvalue weighted by Gasteiger charge is -2.19. The molecule has 1 aromatic heterocycles. The average Bonchev–Trinajstić information content (AvgIpc) is 2.95. The standard InChI is InChI=1S/C20H24N2O4/c1-25-20(24)17-7-5-16(6-8-17)18-4-2-10-22(19(18)23)12-11-21-9-3-14-26-15-13-21/h2,4-8,10H,3,9,11-15H2,1H3. The number of benzene rings is 1. The Hall–Kier alpha value is -2.44. The zero-order valence-electron chi connectivity index (χ0n) is 15.0. The number of rotatable bonds is 5. The molecular weight excluding hydrogens is 332 g/mol. The molecule has 1 aliphatic heterocycles. The molecule has 138 valence electrons. The van der Waals surface area contributed by atoms with Gasteiger partial charge in [0.25, 0.3) is 5.56 Å². The monoisotopic (exact) mass is 356 g/mol. The molecule has 1 aromatic carbocycles. The smallest absolute Gasteiger partial charge is 0.337 e. The zero-order chi connectivity index (χ0) is 18.4. The van der Waals surface area contributed by atoms with Crippen LogP contribution in [0.3, 0.4) is 0 Å². The van der Waals surface area contributed by atoms with Crippen LogP contribution in [0.5, 0.6) is 0 Å². The molecule has 2 aromatic rings. The van der Waals surface area contributed by atoms with Gasteiger partial charge in [0.2, 0.25) is 0 Å². The number of carbonyl (C=O) groups excluding carboxylic acids is 1. The van der Waals surface area contributed by atoms with E-state index in [9.17, 15) is 9.59 Å². The van der Waals surface area contributed by atoms with Gasteiger partial charge in [0.05, 0.1) is 19.3 Å². The molecule has 2 heterocycles. The predicted molar refractivity (Wildman–Crippen MR) is 99.4 cm³/mol. The highest BCUT2D eigenvalue weighted by Gasteiger charge is 2.11. The van der Waals surface area contributed by atoms with Gasteiger partial charge in [-0.2, -0.15) is 0 Å². The van der Waals surface area contributed by atoms with Crippen LogP contribution in [0.1, 0.15) is 16.8 Å². The molecule has 0 bridgehead atoms. The van der Waals surface area contributed by atoms with Gasteiger partial charge in [0.15, 0.2) is 0 Å². The second-order valence-electron chi connectivity index (χ2n) is 6.30. The van der Waals surface area contributed by atoms with Gasteiger partial charge in [0.1, 0.15) is 0 Å². The molecule has 0 saturated carbocycles. The molecule has 0 aliphatic carbocycles. The summed E-state index contributed by atoms with van der Waals surface area (Å²) in [5, 5.41) is 0. The Kier molecular flexibility index (Phi) is 6.20. The molecule has 3 rings (SSSR count). The summed E-state index contributed by atoms with van der Waals surface area (Å²) in [5.41, 5.74) is 1.86. The van der Waals surface area contributed by atoms with Gasteiger partial charge in [-0.15, -0.1) is 0 Å². The summed E-state index contributed by atoms with van der Waals surface area (Å²) in [7, 11) is 1.35. The molecular formula is C20H24N2O4. The fraction of sp³-hybridized carbons (Fsp3) is 0.400. The molecule has 0 radical (unpaired) electrons. The van der Waals surface area contributed by atoms with Crippen LogP contribution in [0.2, 0.25) is 0 Å². The minimum atomic E-state index is -0.386. The van der Waals surface area contributed by atoms with Crippen molar-refractivity contribution in [3.63, 3.8) is 0 Å². The van der Waals surface area contributed by atoms with Crippen molar-refractivity contribution < 1.29 is 14.3 Å². The number of hydrogen-bond acceptors (Lipinski definition) is 5. The van der Waals surface area contributed by atoms with Crippen molar-refractivity contribution >= 4 is 5.97 Å². The summed E-state index contributed by atoms with van der Waals surface area (Å²) in [6.07, 6.45) is 2.85. The maximum atomic E-state index is 12.8. The van der Waals surface area contributed by atoms with Crippen molar-refractivity contribution in [1.29, 1.82) is 0 Å². The quantitative estimate of drug-likeness (QED) is 0.767. The van der Waals surface area contributed by atoms with Gasteiger partial charge in [0, 0.05) is 44.5 Å². The van der Waals surface area contributed by atoms with Crippen LogP contribution in [0.4, 0.5) is 0 Å². The predicted octanol–water partition coefficient (Wildman–Crippen LogP) is 2.02. The number of esters is 1. The van der Waals surface area contributed by atoms with E-state index in [1.165, 1.54) is 7.11 Å². The Labute approximate surface area is 153 Å². The normalized spacial score (nSPS) is 15.4. The van der Waals surface area contributed by atoms with E-state index in [0.29, 0.717) is 17.7 Å². The fourth-order valence-corrected chi connectivity index (χ4v) is 3.11. The molecule has 0 unspecified atom stereocenters. The molecule has 0 atom stereocenters. The first-order chi connectivity index (χ1) is 12.7. The van der Waals surface area contributed by atoms with Gasteiger partial charge in [-0.3, -0.25) is 9.69 Å². The molecule has 1 aliphatic rings. The van der Waals surface area contributed by atoms with Crippen molar-refractivity contribution in [2.24, 2.45) is 0 Å². The van der Waals surface area contributed by atoms with E-state index in [1.54, 1.807) is 28.8 Å². The van der Waals surface area contributed by atoms with Crippen molar-refractivity contribution in [1.82, 2.24) is 9.47 Å². The van der Waals surface area contributed by atoms with Crippen LogP contribution in [-0.4, -0.2) is 55.4 Å². The summed E-state index contributed by atoms with van der Waals surface area (Å²) in [4.78, 5) is 26.7. The SMILES string of the molecule is COC(=O)c1ccc(-c2cccn(CCN3CCCOCC3)c2=O)cc1. The Morgan fingerprint density at radius 2 is 1.92 bits per heavy atom. The van der Waals surface area contributed by atoms with Crippen LogP contribution in [0.15, 0.2) is 47.4 Å². The molecule has 1 saturated heterocycles. The van der Waals surface area contributed by atoms with Gasteiger partial charge in [-0.25, -0.2) is 4.79 Å². The van der Waals surface area contributed by atoms with Crippen molar-refractivity contribution in [2.75, 3.05) is 40.0 Å². The van der Waals surface area contributed by atoms with Crippen LogP contribution >= 0.6 is 0 Å². The molecule has 6 heteroatoms. The van der Waals surface area contributed by atoms with Gasteiger partial charge < -0.3 is 14.0 Å². The fourth-order valence-electron chi connectivity index (χ4n) is 3.11. The number of hydrogen-bond donors (Lipinski definition) is 0. The van der Waals surface area contributed by atoms with Gasteiger partial charge in [-0.1, -0.05) is 12.1 Å². The number of pyridine rings is 1. The summed E-state index contributed by atoms with van der Waals surface area (Å²) in [5.74, 6) is -0.386. The molecule has 6 nitrogen and oxygen atoms in total. The van der Waals surface area contributed by atoms with E-state index >= 15 is 0 Å². The van der Waals surface area contributed by atoms with E-state index in [1.807, 2.05) is 18.3 Å². The summed E-state index contributed by atoms with van der Waals surface area (Å²) in [6, 6.07) is 10.6. The lowest BCUT2D eigenvalue weighted by atomic mass is 10.1. The third-order valence-electron chi connectivity index (χ3n) is 4.61. The number of aromatic nitrogens is 1. The number of ether oxygens (including phenoxy) is 2. The highest BCUT2D eigenvalue weighted by Crippen LogP contribution is 2.16. The highest BCUT2D eigenvalue weighted by atomic mass is 16.5. The first-order valence-electron chi connectivity index (χ1n) is 8.87. The van der Waals surface area contributed by atoms with Crippen LogP contribution in [0.25, 0.3) is 11.1 Å². The molecule has 1 fully saturated rings. The second-order valence-corrected chi connectivity index (χ2v) is 6.30. The van der Waals surface area contributed by atoms with Gasteiger partial charge in [-0.05, 0) is 36.2 Å². The Morgan fingerprint density at radius 1 is 1.12 bits per heavy atom. The first kappa shape index (κ1) is 18.4. The number of carbonyl (C=O) groups is 1. The Balaban J connectivity index is 1.74. The molecule has 0 amide bonds. The van der Waals surface area contributed by atoms with Gasteiger partial charge >= 0.3 is 5.97 Å². The van der Waals surface area contributed by atoms with E-state index < -0.39 is 0 Å². The Morgan fingerprint density at radius 3 is 2.69 bits per heavy atom. The maximum absolute atomic E-state index is 12.8. The summed E-state index contributed by atoms with van der Waals surface area (Å²) < 4.78 is 11.9.